The molecule has 1 aromatic heterocycles. The van der Waals surface area contributed by atoms with E-state index in [-0.39, 0.29) is 11.6 Å². The molecular weight excluding hydrogens is 332 g/mol. The zero-order valence-electron chi connectivity index (χ0n) is 15.1. The molecular formula is C19H24N4O3. The van der Waals surface area contributed by atoms with Gasteiger partial charge >= 0.3 is 5.69 Å². The van der Waals surface area contributed by atoms with Crippen molar-refractivity contribution in [2.24, 2.45) is 14.1 Å². The number of likely N-dealkylation sites (tertiary alicyclic amines) is 1. The van der Waals surface area contributed by atoms with Crippen LogP contribution in [0.5, 0.6) is 0 Å². The third kappa shape index (κ3) is 3.62. The molecule has 0 aliphatic carbocycles. The summed E-state index contributed by atoms with van der Waals surface area (Å²) >= 11 is 0. The molecule has 1 atom stereocenters. The Labute approximate surface area is 151 Å². The first kappa shape index (κ1) is 18.1. The third-order valence-corrected chi connectivity index (χ3v) is 4.91. The van der Waals surface area contributed by atoms with Crippen molar-refractivity contribution in [3.8, 4) is 0 Å². The van der Waals surface area contributed by atoms with Gasteiger partial charge < -0.3 is 9.88 Å². The summed E-state index contributed by atoms with van der Waals surface area (Å²) in [5, 5.41) is 2.88. The van der Waals surface area contributed by atoms with Crippen LogP contribution in [-0.4, -0.2) is 39.6 Å². The number of hydrogen-bond acceptors (Lipinski definition) is 4. The monoisotopic (exact) mass is 356 g/mol. The van der Waals surface area contributed by atoms with Gasteiger partial charge in [-0.3, -0.25) is 19.1 Å². The number of aryl methyl sites for hydroxylation is 1. The van der Waals surface area contributed by atoms with E-state index in [1.165, 1.54) is 24.9 Å². The van der Waals surface area contributed by atoms with E-state index in [0.717, 1.165) is 36.1 Å². The van der Waals surface area contributed by atoms with Crippen LogP contribution in [0.2, 0.25) is 0 Å². The first-order valence-corrected chi connectivity index (χ1v) is 8.83. The quantitative estimate of drug-likeness (QED) is 0.854. The van der Waals surface area contributed by atoms with Crippen molar-refractivity contribution in [3.63, 3.8) is 0 Å². The van der Waals surface area contributed by atoms with Gasteiger partial charge in [0.2, 0.25) is 0 Å². The van der Waals surface area contributed by atoms with Gasteiger partial charge in [-0.1, -0.05) is 30.3 Å². The standard InChI is InChI=1S/C19H24N4O3/c1-21-13-15(18(25)22(2)19(21)26)17(24)20-12-16(23-10-6-7-11-23)14-8-4-3-5-9-14/h3-5,8-9,13,16H,6-7,10-12H2,1-2H3,(H,20,24). The fraction of sp³-hybridized carbons (Fsp3) is 0.421. The van der Waals surface area contributed by atoms with Gasteiger partial charge in [0, 0.05) is 26.8 Å². The van der Waals surface area contributed by atoms with Crippen molar-refractivity contribution in [1.82, 2.24) is 19.4 Å². The molecule has 1 saturated heterocycles. The number of nitrogens with zero attached hydrogens (tertiary/aromatic N) is 3. The van der Waals surface area contributed by atoms with Crippen molar-refractivity contribution in [3.05, 3.63) is 68.5 Å². The SMILES string of the molecule is Cn1cc(C(=O)NCC(c2ccccc2)N2CCCC2)c(=O)n(C)c1=O. The van der Waals surface area contributed by atoms with Crippen LogP contribution in [0.1, 0.15) is 34.8 Å². The smallest absolute Gasteiger partial charge is 0.330 e. The molecule has 1 N–H and O–H groups in total. The van der Waals surface area contributed by atoms with E-state index >= 15 is 0 Å². The van der Waals surface area contributed by atoms with E-state index in [9.17, 15) is 14.4 Å². The second kappa shape index (κ2) is 7.70. The van der Waals surface area contributed by atoms with Crippen LogP contribution in [-0.2, 0) is 14.1 Å². The average Bonchev–Trinajstić information content (AvgIpc) is 3.18. The molecule has 1 aromatic carbocycles. The number of hydrogen-bond donors (Lipinski definition) is 1. The predicted octanol–water partition coefficient (Wildman–Crippen LogP) is 0.651. The molecule has 138 valence electrons. The molecule has 7 heteroatoms. The van der Waals surface area contributed by atoms with Gasteiger partial charge in [0.1, 0.15) is 5.56 Å². The largest absolute Gasteiger partial charge is 0.350 e. The number of benzene rings is 1. The van der Waals surface area contributed by atoms with Crippen molar-refractivity contribution < 1.29 is 4.79 Å². The molecule has 26 heavy (non-hydrogen) atoms. The maximum absolute atomic E-state index is 12.6. The van der Waals surface area contributed by atoms with Crippen LogP contribution in [0.3, 0.4) is 0 Å². The summed E-state index contributed by atoms with van der Waals surface area (Å²) in [5.41, 5.74) is 0.0831. The molecule has 2 aromatic rings. The molecule has 1 aliphatic heterocycles. The lowest BCUT2D eigenvalue weighted by Crippen LogP contribution is -2.43. The highest BCUT2D eigenvalue weighted by atomic mass is 16.2. The van der Waals surface area contributed by atoms with Crippen molar-refractivity contribution >= 4 is 5.91 Å². The lowest BCUT2D eigenvalue weighted by atomic mass is 10.1. The lowest BCUT2D eigenvalue weighted by Gasteiger charge is -2.28. The number of amides is 1. The fourth-order valence-corrected chi connectivity index (χ4v) is 3.43. The summed E-state index contributed by atoms with van der Waals surface area (Å²) in [6.45, 7) is 2.41. The number of carbonyl (C=O) groups excluding carboxylic acids is 1. The Morgan fingerprint density at radius 3 is 2.42 bits per heavy atom. The van der Waals surface area contributed by atoms with E-state index in [1.54, 1.807) is 0 Å². The first-order valence-electron chi connectivity index (χ1n) is 8.83. The highest BCUT2D eigenvalue weighted by molar-refractivity contribution is 5.93. The van der Waals surface area contributed by atoms with Gasteiger partial charge in [0.05, 0.1) is 6.04 Å². The third-order valence-electron chi connectivity index (χ3n) is 4.91. The van der Waals surface area contributed by atoms with Crippen LogP contribution in [0.15, 0.2) is 46.1 Å². The van der Waals surface area contributed by atoms with Crippen LogP contribution in [0, 0.1) is 0 Å². The maximum atomic E-state index is 12.6. The molecule has 1 amide bonds. The molecule has 0 saturated carbocycles. The topological polar surface area (TPSA) is 76.3 Å². The highest BCUT2D eigenvalue weighted by Crippen LogP contribution is 2.24. The number of nitrogens with one attached hydrogen (secondary N) is 1. The van der Waals surface area contributed by atoms with Gasteiger partial charge in [0.25, 0.3) is 11.5 Å². The molecule has 1 unspecified atom stereocenters. The van der Waals surface area contributed by atoms with Gasteiger partial charge in [-0.15, -0.1) is 0 Å². The molecule has 0 bridgehead atoms. The molecule has 2 heterocycles. The van der Waals surface area contributed by atoms with E-state index in [2.05, 4.69) is 22.3 Å². The number of aromatic nitrogens is 2. The van der Waals surface area contributed by atoms with Gasteiger partial charge in [-0.05, 0) is 31.5 Å². The Morgan fingerprint density at radius 2 is 1.77 bits per heavy atom. The highest BCUT2D eigenvalue weighted by Gasteiger charge is 2.24. The van der Waals surface area contributed by atoms with Crippen LogP contribution in [0.4, 0.5) is 0 Å². The second-order valence-electron chi connectivity index (χ2n) is 6.68. The minimum atomic E-state index is -0.581. The van der Waals surface area contributed by atoms with E-state index in [1.807, 2.05) is 18.2 Å². The molecule has 0 radical (unpaired) electrons. The van der Waals surface area contributed by atoms with E-state index < -0.39 is 17.2 Å². The second-order valence-corrected chi connectivity index (χ2v) is 6.68. The predicted molar refractivity (Wildman–Crippen MR) is 99.2 cm³/mol. The van der Waals surface area contributed by atoms with Crippen molar-refractivity contribution in [2.75, 3.05) is 19.6 Å². The zero-order chi connectivity index (χ0) is 18.7. The number of carbonyl (C=O) groups is 1. The first-order chi connectivity index (χ1) is 12.5. The minimum Gasteiger partial charge on any atom is -0.350 e. The van der Waals surface area contributed by atoms with Gasteiger partial charge in [0.15, 0.2) is 0 Å². The summed E-state index contributed by atoms with van der Waals surface area (Å²) in [6.07, 6.45) is 3.60. The van der Waals surface area contributed by atoms with E-state index in [4.69, 9.17) is 0 Å². The van der Waals surface area contributed by atoms with Crippen LogP contribution >= 0.6 is 0 Å². The Bertz CT molecular complexity index is 895. The van der Waals surface area contributed by atoms with Crippen molar-refractivity contribution in [1.29, 1.82) is 0 Å². The zero-order valence-corrected chi connectivity index (χ0v) is 15.1. The molecule has 7 nitrogen and oxygen atoms in total. The summed E-state index contributed by atoms with van der Waals surface area (Å²) in [7, 11) is 2.90. The van der Waals surface area contributed by atoms with E-state index in [0.29, 0.717) is 6.54 Å². The molecule has 1 aliphatic rings. The summed E-state index contributed by atoms with van der Waals surface area (Å²) < 4.78 is 2.19. The Morgan fingerprint density at radius 1 is 1.12 bits per heavy atom. The number of rotatable bonds is 5. The normalized spacial score (nSPS) is 15.8. The minimum absolute atomic E-state index is 0.0252. The molecule has 1 fully saturated rings. The Balaban J connectivity index is 1.80. The van der Waals surface area contributed by atoms with Gasteiger partial charge in [-0.25, -0.2) is 4.79 Å². The van der Waals surface area contributed by atoms with Gasteiger partial charge in [-0.2, -0.15) is 0 Å². The van der Waals surface area contributed by atoms with Crippen LogP contribution in [0.25, 0.3) is 0 Å². The Hall–Kier alpha value is -2.67. The lowest BCUT2D eigenvalue weighted by molar-refractivity contribution is 0.0934. The molecule has 3 rings (SSSR count). The van der Waals surface area contributed by atoms with Crippen LogP contribution < -0.4 is 16.6 Å². The summed E-state index contributed by atoms with van der Waals surface area (Å²) in [6, 6.07) is 10.1. The maximum Gasteiger partial charge on any atom is 0.330 e. The summed E-state index contributed by atoms with van der Waals surface area (Å²) in [5.74, 6) is -0.457. The fourth-order valence-electron chi connectivity index (χ4n) is 3.43. The Kier molecular flexibility index (Phi) is 5.37. The summed E-state index contributed by atoms with van der Waals surface area (Å²) in [4.78, 5) is 38.9. The molecule has 0 spiro atoms. The average molecular weight is 356 g/mol. The van der Waals surface area contributed by atoms with Crippen molar-refractivity contribution in [2.45, 2.75) is 18.9 Å².